The summed E-state index contributed by atoms with van der Waals surface area (Å²) >= 11 is 0. The number of hydrogen-bond donors (Lipinski definition) is 3. The van der Waals surface area contributed by atoms with Crippen molar-refractivity contribution in [3.63, 3.8) is 0 Å². The summed E-state index contributed by atoms with van der Waals surface area (Å²) in [5, 5.41) is 9.36. The summed E-state index contributed by atoms with van der Waals surface area (Å²) in [7, 11) is 0. The second-order valence-electron chi connectivity index (χ2n) is 4.51. The van der Waals surface area contributed by atoms with Crippen LogP contribution in [0.4, 0.5) is 0 Å². The number of carbonyl (C=O) groups is 1. The van der Waals surface area contributed by atoms with Gasteiger partial charge in [0.05, 0.1) is 12.4 Å². The van der Waals surface area contributed by atoms with Crippen molar-refractivity contribution in [3.8, 4) is 0 Å². The summed E-state index contributed by atoms with van der Waals surface area (Å²) in [6, 6.07) is -0.0765. The smallest absolute Gasteiger partial charge is 0.238 e. The van der Waals surface area contributed by atoms with Gasteiger partial charge in [0.15, 0.2) is 0 Å². The van der Waals surface area contributed by atoms with Crippen LogP contribution in [-0.4, -0.2) is 47.7 Å². The summed E-state index contributed by atoms with van der Waals surface area (Å²) in [5.41, 5.74) is 0. The summed E-state index contributed by atoms with van der Waals surface area (Å²) in [6.07, 6.45) is 7.59. The molecule has 1 amide bonds. The molecule has 2 heterocycles. The molecule has 1 aliphatic rings. The Bertz CT molecular complexity index is 345. The second-order valence-corrected chi connectivity index (χ2v) is 4.51. The van der Waals surface area contributed by atoms with Crippen LogP contribution in [0.25, 0.3) is 0 Å². The number of rotatable bonds is 6. The van der Waals surface area contributed by atoms with E-state index in [0.29, 0.717) is 0 Å². The Morgan fingerprint density at radius 1 is 1.44 bits per heavy atom. The molecule has 0 spiro atoms. The van der Waals surface area contributed by atoms with E-state index in [4.69, 9.17) is 0 Å². The molecule has 6 heteroatoms. The fourth-order valence-electron chi connectivity index (χ4n) is 2.01. The highest BCUT2D eigenvalue weighted by Crippen LogP contribution is 1.94. The van der Waals surface area contributed by atoms with E-state index in [1.54, 1.807) is 6.20 Å². The van der Waals surface area contributed by atoms with Gasteiger partial charge in [-0.2, -0.15) is 0 Å². The molecule has 1 aromatic heterocycles. The van der Waals surface area contributed by atoms with Crippen molar-refractivity contribution in [1.82, 2.24) is 25.5 Å². The molecule has 0 aromatic carbocycles. The molecule has 0 radical (unpaired) electrons. The quantitative estimate of drug-likeness (QED) is 0.587. The molecule has 1 aromatic rings. The lowest BCUT2D eigenvalue weighted by Gasteiger charge is -2.23. The van der Waals surface area contributed by atoms with Gasteiger partial charge >= 0.3 is 0 Å². The number of aryl methyl sites for hydroxylation is 1. The van der Waals surface area contributed by atoms with Crippen LogP contribution < -0.4 is 16.0 Å². The molecule has 1 saturated heterocycles. The molecule has 0 aliphatic carbocycles. The maximum Gasteiger partial charge on any atom is 0.238 e. The van der Waals surface area contributed by atoms with Crippen LogP contribution in [0.2, 0.25) is 0 Å². The Morgan fingerprint density at radius 2 is 2.39 bits per heavy atom. The average molecular weight is 251 g/mol. The van der Waals surface area contributed by atoms with E-state index in [1.165, 1.54) is 0 Å². The van der Waals surface area contributed by atoms with Gasteiger partial charge in [0.1, 0.15) is 0 Å². The minimum Gasteiger partial charge on any atom is -0.355 e. The van der Waals surface area contributed by atoms with Crippen LogP contribution in [0.5, 0.6) is 0 Å². The standard InChI is InChI=1S/C12H21N5O/c18-12(11-9-13-4-5-15-11)16-3-1-2-7-17-8-6-14-10-17/h6,8,10-11,13,15H,1-5,7,9H2,(H,16,18). The lowest BCUT2D eigenvalue weighted by Crippen LogP contribution is -2.55. The number of piperazine rings is 1. The summed E-state index contributed by atoms with van der Waals surface area (Å²) in [5.74, 6) is 0.102. The van der Waals surface area contributed by atoms with Crippen molar-refractivity contribution in [2.75, 3.05) is 26.2 Å². The van der Waals surface area contributed by atoms with E-state index >= 15 is 0 Å². The topological polar surface area (TPSA) is 71.0 Å². The van der Waals surface area contributed by atoms with Gasteiger partial charge in [0, 0.05) is 45.1 Å². The van der Waals surface area contributed by atoms with Gasteiger partial charge < -0.3 is 20.5 Å². The van der Waals surface area contributed by atoms with E-state index in [1.807, 2.05) is 12.5 Å². The summed E-state index contributed by atoms with van der Waals surface area (Å²) in [6.45, 7) is 4.22. The molecule has 1 fully saturated rings. The van der Waals surface area contributed by atoms with Crippen LogP contribution in [0.3, 0.4) is 0 Å². The predicted molar refractivity (Wildman–Crippen MR) is 69.1 cm³/mol. The molecule has 1 atom stereocenters. The molecule has 0 bridgehead atoms. The molecule has 6 nitrogen and oxygen atoms in total. The normalized spacial score (nSPS) is 19.7. The molecule has 2 rings (SSSR count). The number of amides is 1. The first-order valence-electron chi connectivity index (χ1n) is 6.54. The Kier molecular flexibility index (Phi) is 5.16. The number of carbonyl (C=O) groups excluding carboxylic acids is 1. The van der Waals surface area contributed by atoms with E-state index in [-0.39, 0.29) is 11.9 Å². The molecular formula is C12H21N5O. The Morgan fingerprint density at radius 3 is 3.11 bits per heavy atom. The zero-order valence-electron chi connectivity index (χ0n) is 10.6. The van der Waals surface area contributed by atoms with Gasteiger partial charge in [-0.15, -0.1) is 0 Å². The second kappa shape index (κ2) is 7.13. The van der Waals surface area contributed by atoms with Crippen molar-refractivity contribution in [3.05, 3.63) is 18.7 Å². The van der Waals surface area contributed by atoms with Gasteiger partial charge in [0.2, 0.25) is 5.91 Å². The fraction of sp³-hybridized carbons (Fsp3) is 0.667. The molecule has 100 valence electrons. The average Bonchev–Trinajstić information content (AvgIpc) is 2.92. The zero-order chi connectivity index (χ0) is 12.6. The Balaban J connectivity index is 1.53. The third-order valence-electron chi connectivity index (χ3n) is 3.06. The van der Waals surface area contributed by atoms with Crippen molar-refractivity contribution in [2.45, 2.75) is 25.4 Å². The van der Waals surface area contributed by atoms with Crippen LogP contribution in [-0.2, 0) is 11.3 Å². The monoisotopic (exact) mass is 251 g/mol. The Labute approximate surface area is 107 Å². The summed E-state index contributed by atoms with van der Waals surface area (Å²) in [4.78, 5) is 15.7. The van der Waals surface area contributed by atoms with Gasteiger partial charge in [-0.05, 0) is 12.8 Å². The van der Waals surface area contributed by atoms with Crippen molar-refractivity contribution in [1.29, 1.82) is 0 Å². The number of hydrogen-bond acceptors (Lipinski definition) is 4. The molecule has 0 saturated carbocycles. The highest BCUT2D eigenvalue weighted by atomic mass is 16.2. The Hall–Kier alpha value is -1.40. The summed E-state index contributed by atoms with van der Waals surface area (Å²) < 4.78 is 2.05. The minimum absolute atomic E-state index is 0.0765. The van der Waals surface area contributed by atoms with E-state index in [9.17, 15) is 4.79 Å². The van der Waals surface area contributed by atoms with Crippen molar-refractivity contribution in [2.24, 2.45) is 0 Å². The maximum absolute atomic E-state index is 11.8. The first-order chi connectivity index (χ1) is 8.86. The first-order valence-corrected chi connectivity index (χ1v) is 6.54. The number of aromatic nitrogens is 2. The number of imidazole rings is 1. The number of nitrogens with one attached hydrogen (secondary N) is 3. The van der Waals surface area contributed by atoms with Gasteiger partial charge in [-0.25, -0.2) is 4.98 Å². The van der Waals surface area contributed by atoms with E-state index in [0.717, 1.165) is 45.6 Å². The van der Waals surface area contributed by atoms with Gasteiger partial charge in [-0.3, -0.25) is 4.79 Å². The maximum atomic E-state index is 11.8. The van der Waals surface area contributed by atoms with Crippen LogP contribution in [0, 0.1) is 0 Å². The highest BCUT2D eigenvalue weighted by Gasteiger charge is 2.19. The molecule has 1 unspecified atom stereocenters. The van der Waals surface area contributed by atoms with Crippen LogP contribution in [0.1, 0.15) is 12.8 Å². The minimum atomic E-state index is -0.0765. The zero-order valence-corrected chi connectivity index (χ0v) is 10.6. The van der Waals surface area contributed by atoms with Crippen LogP contribution in [0.15, 0.2) is 18.7 Å². The molecule has 1 aliphatic heterocycles. The van der Waals surface area contributed by atoms with E-state index in [2.05, 4.69) is 25.5 Å². The highest BCUT2D eigenvalue weighted by molar-refractivity contribution is 5.82. The molecule has 18 heavy (non-hydrogen) atoms. The van der Waals surface area contributed by atoms with Crippen molar-refractivity contribution < 1.29 is 4.79 Å². The first kappa shape index (κ1) is 13.0. The largest absolute Gasteiger partial charge is 0.355 e. The van der Waals surface area contributed by atoms with E-state index < -0.39 is 0 Å². The predicted octanol–water partition coefficient (Wildman–Crippen LogP) is -0.659. The SMILES string of the molecule is O=C(NCCCCn1ccnc1)C1CNCCN1. The van der Waals surface area contributed by atoms with Gasteiger partial charge in [0.25, 0.3) is 0 Å². The van der Waals surface area contributed by atoms with Crippen molar-refractivity contribution >= 4 is 5.91 Å². The third-order valence-corrected chi connectivity index (χ3v) is 3.06. The molecule has 3 N–H and O–H groups in total. The lowest BCUT2D eigenvalue weighted by atomic mass is 10.2. The lowest BCUT2D eigenvalue weighted by molar-refractivity contribution is -0.123. The fourth-order valence-corrected chi connectivity index (χ4v) is 2.01. The number of nitrogens with zero attached hydrogens (tertiary/aromatic N) is 2. The van der Waals surface area contributed by atoms with Crippen LogP contribution >= 0.6 is 0 Å². The van der Waals surface area contributed by atoms with Gasteiger partial charge in [-0.1, -0.05) is 0 Å². The molecular weight excluding hydrogens is 230 g/mol. The number of unbranched alkanes of at least 4 members (excludes halogenated alkanes) is 1. The third kappa shape index (κ3) is 4.12.